The van der Waals surface area contributed by atoms with Crippen LogP contribution < -0.4 is 21.6 Å². The molecule has 0 radical (unpaired) electrons. The zero-order valence-electron chi connectivity index (χ0n) is 15.7. The van der Waals surface area contributed by atoms with Gasteiger partial charge in [-0.05, 0) is 37.0 Å². The van der Waals surface area contributed by atoms with E-state index in [1.165, 1.54) is 5.56 Å². The van der Waals surface area contributed by atoms with Crippen molar-refractivity contribution in [3.8, 4) is 0 Å². The van der Waals surface area contributed by atoms with Crippen LogP contribution in [0.3, 0.4) is 0 Å². The molecule has 2 heterocycles. The minimum Gasteiger partial charge on any atom is -0.339 e. The third-order valence-corrected chi connectivity index (χ3v) is 4.94. The summed E-state index contributed by atoms with van der Waals surface area (Å²) < 4.78 is 0. The summed E-state index contributed by atoms with van der Waals surface area (Å²) in [5.74, 6) is -0.508. The lowest BCUT2D eigenvalue weighted by atomic mass is 10.1. The summed E-state index contributed by atoms with van der Waals surface area (Å²) in [6.07, 6.45) is 2.99. The van der Waals surface area contributed by atoms with Crippen LogP contribution in [0.2, 0.25) is 0 Å². The summed E-state index contributed by atoms with van der Waals surface area (Å²) in [4.78, 5) is 25.1. The summed E-state index contributed by atoms with van der Waals surface area (Å²) in [6, 6.07) is 15.4. The number of carbonyl (C=O) groups excluding carboxylic acids is 2. The Morgan fingerprint density at radius 2 is 1.96 bits per heavy atom. The van der Waals surface area contributed by atoms with Gasteiger partial charge in [0.25, 0.3) is 5.91 Å². The van der Waals surface area contributed by atoms with E-state index in [1.54, 1.807) is 11.2 Å². The second kappa shape index (κ2) is 7.74. The zero-order valence-corrected chi connectivity index (χ0v) is 15.7. The molecule has 0 fully saturated rings. The Morgan fingerprint density at radius 3 is 2.79 bits per heavy atom. The number of fused-ring (bicyclic) bond motifs is 1. The Labute approximate surface area is 163 Å². The van der Waals surface area contributed by atoms with Crippen LogP contribution >= 0.6 is 0 Å². The number of carbonyl (C=O) groups is 2. The van der Waals surface area contributed by atoms with Crippen molar-refractivity contribution in [2.45, 2.75) is 32.4 Å². The summed E-state index contributed by atoms with van der Waals surface area (Å²) in [5.41, 5.74) is 10.4. The van der Waals surface area contributed by atoms with E-state index < -0.39 is 6.04 Å². The fourth-order valence-electron chi connectivity index (χ4n) is 3.33. The maximum Gasteiger partial charge on any atom is 0.270 e. The smallest absolute Gasteiger partial charge is 0.270 e. The lowest BCUT2D eigenvalue weighted by Crippen LogP contribution is -2.46. The van der Waals surface area contributed by atoms with Crippen molar-refractivity contribution in [3.63, 3.8) is 0 Å². The minimum atomic E-state index is -0.575. The van der Waals surface area contributed by atoms with Gasteiger partial charge < -0.3 is 10.6 Å². The fraction of sp³-hybridized carbons (Fsp3) is 0.238. The highest BCUT2D eigenvalue weighted by molar-refractivity contribution is 6.01. The first kappa shape index (κ1) is 18.1. The van der Waals surface area contributed by atoms with E-state index in [2.05, 4.69) is 45.9 Å². The third-order valence-electron chi connectivity index (χ3n) is 4.94. The van der Waals surface area contributed by atoms with E-state index in [0.29, 0.717) is 18.7 Å². The van der Waals surface area contributed by atoms with E-state index in [-0.39, 0.29) is 11.8 Å². The minimum absolute atomic E-state index is 0.193. The number of para-hydroxylation sites is 1. The Bertz CT molecular complexity index is 923. The van der Waals surface area contributed by atoms with Gasteiger partial charge in [0.1, 0.15) is 11.7 Å². The molecule has 7 heteroatoms. The third kappa shape index (κ3) is 3.99. The van der Waals surface area contributed by atoms with Gasteiger partial charge >= 0.3 is 0 Å². The van der Waals surface area contributed by atoms with Crippen molar-refractivity contribution < 1.29 is 9.59 Å². The molecule has 0 aliphatic carbocycles. The molecule has 2 aliphatic rings. The predicted molar refractivity (Wildman–Crippen MR) is 106 cm³/mol. The molecular weight excluding hydrogens is 354 g/mol. The highest BCUT2D eigenvalue weighted by Gasteiger charge is 2.27. The van der Waals surface area contributed by atoms with Crippen molar-refractivity contribution in [1.82, 2.24) is 21.3 Å². The first-order valence-electron chi connectivity index (χ1n) is 9.34. The molecule has 0 bridgehead atoms. The second-order valence-corrected chi connectivity index (χ2v) is 7.10. The van der Waals surface area contributed by atoms with E-state index >= 15 is 0 Å². The van der Waals surface area contributed by atoms with Crippen molar-refractivity contribution in [2.24, 2.45) is 0 Å². The van der Waals surface area contributed by atoms with Crippen molar-refractivity contribution >= 4 is 17.5 Å². The van der Waals surface area contributed by atoms with Gasteiger partial charge in [-0.15, -0.1) is 5.53 Å². The van der Waals surface area contributed by atoms with Gasteiger partial charge in [-0.3, -0.25) is 20.0 Å². The molecule has 7 nitrogen and oxygen atoms in total. The van der Waals surface area contributed by atoms with Crippen molar-refractivity contribution in [2.75, 3.05) is 5.32 Å². The largest absolute Gasteiger partial charge is 0.339 e. The average Bonchev–Trinajstić information content (AvgIpc) is 3.10. The molecule has 2 amide bonds. The Balaban J connectivity index is 1.37. The number of hydrazine groups is 2. The van der Waals surface area contributed by atoms with Crippen molar-refractivity contribution in [3.05, 3.63) is 77.1 Å². The topological polar surface area (TPSA) is 85.5 Å². The number of hydrogen-bond donors (Lipinski definition) is 4. The zero-order chi connectivity index (χ0) is 19.5. The lowest BCUT2D eigenvalue weighted by Gasteiger charge is -2.15. The van der Waals surface area contributed by atoms with Gasteiger partial charge in [0.2, 0.25) is 5.91 Å². The summed E-state index contributed by atoms with van der Waals surface area (Å²) in [5, 5.41) is 7.52. The molecule has 0 unspecified atom stereocenters. The molecule has 1 atom stereocenters. The Hall–Kier alpha value is -3.32. The van der Waals surface area contributed by atoms with Crippen LogP contribution in [0.1, 0.15) is 23.1 Å². The van der Waals surface area contributed by atoms with E-state index in [0.717, 1.165) is 23.2 Å². The fourth-order valence-corrected chi connectivity index (χ4v) is 3.33. The van der Waals surface area contributed by atoms with Crippen LogP contribution in [0.4, 0.5) is 5.69 Å². The van der Waals surface area contributed by atoms with Crippen LogP contribution in [0, 0.1) is 6.92 Å². The van der Waals surface area contributed by atoms with Crippen LogP contribution in [0.25, 0.3) is 0 Å². The number of amides is 2. The van der Waals surface area contributed by atoms with Gasteiger partial charge in [0.15, 0.2) is 0 Å². The number of nitrogens with zero attached hydrogens (tertiary/aromatic N) is 1. The molecule has 2 aliphatic heterocycles. The van der Waals surface area contributed by atoms with Crippen LogP contribution in [0.15, 0.2) is 60.4 Å². The Kier molecular flexibility index (Phi) is 4.99. The maximum atomic E-state index is 12.6. The lowest BCUT2D eigenvalue weighted by molar-refractivity contribution is -0.124. The molecule has 4 rings (SSSR count). The molecule has 2 aromatic rings. The number of aryl methyl sites for hydroxylation is 2. The molecular formula is C21H23N5O2. The van der Waals surface area contributed by atoms with E-state index in [4.69, 9.17) is 0 Å². The number of hydrogen-bond acceptors (Lipinski definition) is 5. The van der Waals surface area contributed by atoms with Crippen LogP contribution in [-0.4, -0.2) is 22.9 Å². The van der Waals surface area contributed by atoms with E-state index in [9.17, 15) is 9.59 Å². The number of benzene rings is 2. The van der Waals surface area contributed by atoms with Gasteiger partial charge in [0.05, 0.1) is 6.54 Å². The van der Waals surface area contributed by atoms with Gasteiger partial charge in [-0.25, -0.2) is 0 Å². The summed E-state index contributed by atoms with van der Waals surface area (Å²) >= 11 is 0. The SMILES string of the molecule is Cc1ccc(CN2C=C(C(=O)N[C@H]3CCc4ccccc4NC3=O)NN2)cc1. The molecule has 2 aromatic carbocycles. The van der Waals surface area contributed by atoms with Crippen molar-refractivity contribution in [1.29, 1.82) is 0 Å². The van der Waals surface area contributed by atoms with Gasteiger partial charge in [0, 0.05) is 11.9 Å². The molecule has 28 heavy (non-hydrogen) atoms. The van der Waals surface area contributed by atoms with Crippen LogP contribution in [-0.2, 0) is 22.6 Å². The maximum absolute atomic E-state index is 12.6. The first-order valence-corrected chi connectivity index (χ1v) is 9.34. The molecule has 0 saturated carbocycles. The summed E-state index contributed by atoms with van der Waals surface area (Å²) in [6.45, 7) is 2.66. The molecule has 0 saturated heterocycles. The van der Waals surface area contributed by atoms with E-state index in [1.807, 2.05) is 31.2 Å². The molecule has 4 N–H and O–H groups in total. The van der Waals surface area contributed by atoms with Gasteiger partial charge in [-0.2, -0.15) is 0 Å². The molecule has 144 valence electrons. The second-order valence-electron chi connectivity index (χ2n) is 7.10. The standard InChI is InChI=1S/C21H23N5O2/c1-14-6-8-15(9-7-14)12-26-13-19(24-25-26)21(28)23-18-11-10-16-4-2-3-5-17(16)22-20(18)27/h2-9,13,18,24-25H,10-12H2,1H3,(H,22,27)(H,23,28)/t18-/m0/s1. The number of rotatable bonds is 4. The first-order chi connectivity index (χ1) is 13.6. The normalized spacial score (nSPS) is 18.5. The predicted octanol–water partition coefficient (Wildman–Crippen LogP) is 1.73. The number of nitrogens with one attached hydrogen (secondary N) is 4. The highest BCUT2D eigenvalue weighted by Crippen LogP contribution is 2.21. The summed E-state index contributed by atoms with van der Waals surface area (Å²) in [7, 11) is 0. The molecule has 0 spiro atoms. The van der Waals surface area contributed by atoms with Gasteiger partial charge in [-0.1, -0.05) is 48.0 Å². The Morgan fingerprint density at radius 1 is 1.18 bits per heavy atom. The number of anilines is 1. The quantitative estimate of drug-likeness (QED) is 0.652. The average molecular weight is 377 g/mol. The highest BCUT2D eigenvalue weighted by atomic mass is 16.2. The van der Waals surface area contributed by atoms with Crippen LogP contribution in [0.5, 0.6) is 0 Å². The monoisotopic (exact) mass is 377 g/mol. The molecule has 0 aromatic heterocycles.